The quantitative estimate of drug-likeness (QED) is 0.743. The van der Waals surface area contributed by atoms with E-state index in [1.54, 1.807) is 0 Å². The number of rotatable bonds is 4. The fourth-order valence-electron chi connectivity index (χ4n) is 2.30. The number of aryl methyl sites for hydroxylation is 3. The average Bonchev–Trinajstić information content (AvgIpc) is 2.61. The molecule has 1 aromatic heterocycles. The zero-order valence-electron chi connectivity index (χ0n) is 14.5. The van der Waals surface area contributed by atoms with Crippen molar-refractivity contribution in [1.29, 1.82) is 0 Å². The summed E-state index contributed by atoms with van der Waals surface area (Å²) in [7, 11) is 0. The van der Waals surface area contributed by atoms with Crippen molar-refractivity contribution in [3.63, 3.8) is 0 Å². The third kappa shape index (κ3) is 4.20. The molecule has 3 rings (SSSR count). The Kier molecular flexibility index (Phi) is 4.75. The van der Waals surface area contributed by atoms with Crippen LogP contribution in [0.4, 0.5) is 17.3 Å². The van der Waals surface area contributed by atoms with Gasteiger partial charge in [-0.3, -0.25) is 4.79 Å². The molecule has 0 spiro atoms. The van der Waals surface area contributed by atoms with Crippen molar-refractivity contribution >= 4 is 23.2 Å². The third-order valence-corrected chi connectivity index (χ3v) is 3.99. The molecule has 2 aromatic carbocycles. The van der Waals surface area contributed by atoms with Crippen LogP contribution >= 0.6 is 0 Å². The van der Waals surface area contributed by atoms with E-state index in [0.717, 1.165) is 16.9 Å². The Morgan fingerprint density at radius 2 is 1.48 bits per heavy atom. The standard InChI is InChI=1S/C20H20N4O/c1-13-4-7-17(8-5-13)24-20-21-11-16(12-22-20)19(25)23-18-9-6-14(2)15(3)10-18/h4-12H,1-3H3,(H,23,25)(H,21,22,24). The predicted molar refractivity (Wildman–Crippen MR) is 100 cm³/mol. The molecule has 25 heavy (non-hydrogen) atoms. The van der Waals surface area contributed by atoms with Crippen LogP contribution in [-0.2, 0) is 0 Å². The van der Waals surface area contributed by atoms with Crippen LogP contribution in [-0.4, -0.2) is 15.9 Å². The Hall–Kier alpha value is -3.21. The van der Waals surface area contributed by atoms with Crippen molar-refractivity contribution in [1.82, 2.24) is 9.97 Å². The molecule has 5 nitrogen and oxygen atoms in total. The summed E-state index contributed by atoms with van der Waals surface area (Å²) in [6.45, 7) is 6.08. The Balaban J connectivity index is 1.67. The fraction of sp³-hybridized carbons (Fsp3) is 0.150. The molecule has 2 N–H and O–H groups in total. The third-order valence-electron chi connectivity index (χ3n) is 3.99. The highest BCUT2D eigenvalue weighted by Gasteiger charge is 2.08. The van der Waals surface area contributed by atoms with Gasteiger partial charge in [0.1, 0.15) is 0 Å². The summed E-state index contributed by atoms with van der Waals surface area (Å²) in [5.74, 6) is 0.219. The second-order valence-corrected chi connectivity index (χ2v) is 6.04. The van der Waals surface area contributed by atoms with E-state index < -0.39 is 0 Å². The molecule has 0 aliphatic rings. The summed E-state index contributed by atoms with van der Waals surface area (Å²) in [6.07, 6.45) is 3.03. The van der Waals surface area contributed by atoms with E-state index in [4.69, 9.17) is 0 Å². The van der Waals surface area contributed by atoms with Gasteiger partial charge in [-0.05, 0) is 56.2 Å². The fourth-order valence-corrected chi connectivity index (χ4v) is 2.30. The first-order valence-corrected chi connectivity index (χ1v) is 8.05. The van der Waals surface area contributed by atoms with E-state index >= 15 is 0 Å². The van der Waals surface area contributed by atoms with Gasteiger partial charge in [0, 0.05) is 23.8 Å². The minimum atomic E-state index is -0.231. The minimum absolute atomic E-state index is 0.231. The van der Waals surface area contributed by atoms with Gasteiger partial charge in [-0.2, -0.15) is 0 Å². The van der Waals surface area contributed by atoms with Crippen LogP contribution in [0, 0.1) is 20.8 Å². The number of hydrogen-bond donors (Lipinski definition) is 2. The molecule has 0 atom stereocenters. The number of nitrogens with zero attached hydrogens (tertiary/aromatic N) is 2. The first kappa shape index (κ1) is 16.6. The smallest absolute Gasteiger partial charge is 0.258 e. The predicted octanol–water partition coefficient (Wildman–Crippen LogP) is 4.40. The molecule has 0 saturated carbocycles. The van der Waals surface area contributed by atoms with Gasteiger partial charge in [-0.25, -0.2) is 9.97 Å². The molecular formula is C20H20N4O. The molecule has 0 radical (unpaired) electrons. The van der Waals surface area contributed by atoms with Gasteiger partial charge in [0.15, 0.2) is 0 Å². The highest BCUT2D eigenvalue weighted by atomic mass is 16.1. The number of aromatic nitrogens is 2. The van der Waals surface area contributed by atoms with Gasteiger partial charge in [0.2, 0.25) is 5.95 Å². The zero-order valence-corrected chi connectivity index (χ0v) is 14.5. The highest BCUT2D eigenvalue weighted by Crippen LogP contribution is 2.16. The molecule has 0 fully saturated rings. The molecule has 0 saturated heterocycles. The molecule has 1 heterocycles. The lowest BCUT2D eigenvalue weighted by Gasteiger charge is -2.08. The lowest BCUT2D eigenvalue weighted by molar-refractivity contribution is 0.102. The summed E-state index contributed by atoms with van der Waals surface area (Å²) in [4.78, 5) is 20.7. The number of anilines is 3. The second-order valence-electron chi connectivity index (χ2n) is 6.04. The summed E-state index contributed by atoms with van der Waals surface area (Å²) < 4.78 is 0. The van der Waals surface area contributed by atoms with Gasteiger partial charge in [0.25, 0.3) is 5.91 Å². The van der Waals surface area contributed by atoms with E-state index in [2.05, 4.69) is 20.6 Å². The van der Waals surface area contributed by atoms with Crippen molar-refractivity contribution < 1.29 is 4.79 Å². The molecule has 126 valence electrons. The van der Waals surface area contributed by atoms with Crippen LogP contribution in [0.2, 0.25) is 0 Å². The number of benzene rings is 2. The summed E-state index contributed by atoms with van der Waals surface area (Å²) in [5, 5.41) is 5.97. The molecule has 5 heteroatoms. The largest absolute Gasteiger partial charge is 0.324 e. The molecule has 1 amide bonds. The Labute approximate surface area is 147 Å². The Morgan fingerprint density at radius 1 is 0.840 bits per heavy atom. The van der Waals surface area contributed by atoms with Gasteiger partial charge >= 0.3 is 0 Å². The molecule has 0 aliphatic heterocycles. The van der Waals surface area contributed by atoms with Crippen LogP contribution in [0.25, 0.3) is 0 Å². The Bertz CT molecular complexity index is 887. The van der Waals surface area contributed by atoms with E-state index in [-0.39, 0.29) is 5.91 Å². The van der Waals surface area contributed by atoms with Crippen LogP contribution in [0.3, 0.4) is 0 Å². The monoisotopic (exact) mass is 332 g/mol. The van der Waals surface area contributed by atoms with Crippen molar-refractivity contribution in [2.24, 2.45) is 0 Å². The molecule has 3 aromatic rings. The SMILES string of the molecule is Cc1ccc(Nc2ncc(C(=O)Nc3ccc(C)c(C)c3)cn2)cc1. The van der Waals surface area contributed by atoms with E-state index in [1.807, 2.05) is 63.2 Å². The maximum atomic E-state index is 12.3. The molecular weight excluding hydrogens is 312 g/mol. The van der Waals surface area contributed by atoms with Crippen LogP contribution in [0.5, 0.6) is 0 Å². The van der Waals surface area contributed by atoms with Crippen molar-refractivity contribution in [3.05, 3.63) is 77.1 Å². The molecule has 0 bridgehead atoms. The minimum Gasteiger partial charge on any atom is -0.324 e. The lowest BCUT2D eigenvalue weighted by Crippen LogP contribution is -2.13. The summed E-state index contributed by atoms with van der Waals surface area (Å²) in [5.41, 5.74) is 5.57. The maximum absolute atomic E-state index is 12.3. The normalized spacial score (nSPS) is 10.4. The topological polar surface area (TPSA) is 66.9 Å². The first-order chi connectivity index (χ1) is 12.0. The Morgan fingerprint density at radius 3 is 2.12 bits per heavy atom. The zero-order chi connectivity index (χ0) is 17.8. The first-order valence-electron chi connectivity index (χ1n) is 8.05. The second kappa shape index (κ2) is 7.13. The summed E-state index contributed by atoms with van der Waals surface area (Å²) >= 11 is 0. The number of carbonyl (C=O) groups excluding carboxylic acids is 1. The van der Waals surface area contributed by atoms with Crippen molar-refractivity contribution in [3.8, 4) is 0 Å². The number of hydrogen-bond acceptors (Lipinski definition) is 4. The molecule has 0 unspecified atom stereocenters. The maximum Gasteiger partial charge on any atom is 0.258 e. The number of nitrogens with one attached hydrogen (secondary N) is 2. The van der Waals surface area contributed by atoms with E-state index in [9.17, 15) is 4.79 Å². The van der Waals surface area contributed by atoms with E-state index in [1.165, 1.54) is 23.5 Å². The van der Waals surface area contributed by atoms with Gasteiger partial charge in [-0.15, -0.1) is 0 Å². The highest BCUT2D eigenvalue weighted by molar-refractivity contribution is 6.03. The summed E-state index contributed by atoms with van der Waals surface area (Å²) in [6, 6.07) is 13.7. The van der Waals surface area contributed by atoms with Crippen molar-refractivity contribution in [2.45, 2.75) is 20.8 Å². The lowest BCUT2D eigenvalue weighted by atomic mass is 10.1. The van der Waals surface area contributed by atoms with E-state index in [0.29, 0.717) is 11.5 Å². The van der Waals surface area contributed by atoms with Gasteiger partial charge in [0.05, 0.1) is 5.56 Å². The van der Waals surface area contributed by atoms with Crippen LogP contribution in [0.15, 0.2) is 54.9 Å². The number of carbonyl (C=O) groups is 1. The molecule has 0 aliphatic carbocycles. The van der Waals surface area contributed by atoms with Gasteiger partial charge < -0.3 is 10.6 Å². The van der Waals surface area contributed by atoms with Crippen LogP contribution < -0.4 is 10.6 Å². The average molecular weight is 332 g/mol. The van der Waals surface area contributed by atoms with Gasteiger partial charge in [-0.1, -0.05) is 23.8 Å². The number of amides is 1. The van der Waals surface area contributed by atoms with Crippen LogP contribution in [0.1, 0.15) is 27.0 Å². The van der Waals surface area contributed by atoms with Crippen molar-refractivity contribution in [2.75, 3.05) is 10.6 Å².